The number of piperazine rings is 1. The topological polar surface area (TPSA) is 75.3 Å². The first-order valence-electron chi connectivity index (χ1n) is 9.43. The summed E-state index contributed by atoms with van der Waals surface area (Å²) in [6.45, 7) is 2.86. The van der Waals surface area contributed by atoms with E-state index in [0.717, 1.165) is 13.1 Å². The zero-order valence-electron chi connectivity index (χ0n) is 15.6. The Labute approximate surface area is 164 Å². The number of nitrogens with two attached hydrogens (primary N) is 1. The second-order valence-corrected chi connectivity index (χ2v) is 6.87. The van der Waals surface area contributed by atoms with Gasteiger partial charge in [0, 0.05) is 32.4 Å². The third kappa shape index (κ3) is 3.73. The molecule has 1 saturated heterocycles. The molecule has 0 spiro atoms. The van der Waals surface area contributed by atoms with Crippen LogP contribution < -0.4 is 5.73 Å². The number of anilines is 1. The summed E-state index contributed by atoms with van der Waals surface area (Å²) in [5, 5.41) is 0. The Morgan fingerprint density at radius 2 is 1.46 bits per heavy atom. The van der Waals surface area contributed by atoms with Gasteiger partial charge >= 0.3 is 0 Å². The van der Waals surface area contributed by atoms with Crippen LogP contribution in [0.1, 0.15) is 27.5 Å². The zero-order chi connectivity index (χ0) is 19.3. The molecule has 0 radical (unpaired) electrons. The normalized spacial score (nSPS) is 15.0. The van der Waals surface area contributed by atoms with Crippen molar-refractivity contribution in [3.05, 3.63) is 89.9 Å². The number of hydrogen-bond acceptors (Lipinski definition) is 5. The maximum absolute atomic E-state index is 12.8. The van der Waals surface area contributed by atoms with Gasteiger partial charge in [0.15, 0.2) is 0 Å². The fraction of sp³-hybridized carbons (Fsp3) is 0.227. The number of hydrogen-bond donors (Lipinski definition) is 1. The molecular formula is C22H23N5O. The Balaban J connectivity index is 1.52. The average Bonchev–Trinajstić information content (AvgIpc) is 2.76. The zero-order valence-corrected chi connectivity index (χ0v) is 15.6. The van der Waals surface area contributed by atoms with Crippen molar-refractivity contribution in [2.75, 3.05) is 31.9 Å². The number of nitrogens with zero attached hydrogens (tertiary/aromatic N) is 4. The van der Waals surface area contributed by atoms with Crippen LogP contribution in [0.15, 0.2) is 73.2 Å². The van der Waals surface area contributed by atoms with E-state index in [0.29, 0.717) is 18.7 Å². The average molecular weight is 373 g/mol. The molecule has 0 aliphatic carbocycles. The Kier molecular flexibility index (Phi) is 5.30. The van der Waals surface area contributed by atoms with Crippen LogP contribution in [0, 0.1) is 0 Å². The van der Waals surface area contributed by atoms with E-state index in [-0.39, 0.29) is 17.8 Å². The van der Waals surface area contributed by atoms with Gasteiger partial charge in [0.05, 0.1) is 11.6 Å². The molecule has 2 heterocycles. The highest BCUT2D eigenvalue weighted by molar-refractivity contribution is 5.98. The largest absolute Gasteiger partial charge is 0.383 e. The summed E-state index contributed by atoms with van der Waals surface area (Å²) >= 11 is 0. The van der Waals surface area contributed by atoms with Gasteiger partial charge in [-0.25, -0.2) is 9.97 Å². The number of carbonyl (C=O) groups is 1. The third-order valence-electron chi connectivity index (χ3n) is 5.17. The van der Waals surface area contributed by atoms with Crippen molar-refractivity contribution in [1.29, 1.82) is 0 Å². The summed E-state index contributed by atoms with van der Waals surface area (Å²) < 4.78 is 0. The molecule has 6 heteroatoms. The first-order chi connectivity index (χ1) is 13.7. The van der Waals surface area contributed by atoms with E-state index in [9.17, 15) is 4.79 Å². The monoisotopic (exact) mass is 373 g/mol. The molecule has 0 bridgehead atoms. The second-order valence-electron chi connectivity index (χ2n) is 6.87. The molecule has 1 aliphatic rings. The SMILES string of the molecule is Nc1ncncc1C(=O)N1CCN(C(c2ccccc2)c2ccccc2)CC1. The Hall–Kier alpha value is -3.25. The number of benzene rings is 2. The van der Waals surface area contributed by atoms with Gasteiger partial charge in [0.1, 0.15) is 12.1 Å². The van der Waals surface area contributed by atoms with Gasteiger partial charge in [-0.05, 0) is 11.1 Å². The van der Waals surface area contributed by atoms with E-state index in [1.54, 1.807) is 0 Å². The van der Waals surface area contributed by atoms with Crippen LogP contribution in [0.5, 0.6) is 0 Å². The molecule has 142 valence electrons. The first kappa shape index (κ1) is 18.1. The van der Waals surface area contributed by atoms with E-state index < -0.39 is 0 Å². The summed E-state index contributed by atoms with van der Waals surface area (Å²) in [5.74, 6) is 0.127. The summed E-state index contributed by atoms with van der Waals surface area (Å²) in [4.78, 5) is 24.9. The quantitative estimate of drug-likeness (QED) is 0.761. The fourth-order valence-electron chi connectivity index (χ4n) is 3.74. The Bertz CT molecular complexity index is 884. The van der Waals surface area contributed by atoms with Crippen LogP contribution in [0.2, 0.25) is 0 Å². The van der Waals surface area contributed by atoms with E-state index in [1.807, 2.05) is 17.0 Å². The van der Waals surface area contributed by atoms with Crippen molar-refractivity contribution in [2.24, 2.45) is 0 Å². The number of amides is 1. The van der Waals surface area contributed by atoms with Crippen LogP contribution in [0.25, 0.3) is 0 Å². The van der Waals surface area contributed by atoms with Gasteiger partial charge in [0.25, 0.3) is 5.91 Å². The molecule has 3 aromatic rings. The van der Waals surface area contributed by atoms with Gasteiger partial charge < -0.3 is 10.6 Å². The summed E-state index contributed by atoms with van der Waals surface area (Å²) in [6, 6.07) is 21.2. The van der Waals surface area contributed by atoms with Crippen LogP contribution in [0.3, 0.4) is 0 Å². The minimum atomic E-state index is -0.103. The summed E-state index contributed by atoms with van der Waals surface area (Å²) in [5.41, 5.74) is 8.74. The molecule has 28 heavy (non-hydrogen) atoms. The summed E-state index contributed by atoms with van der Waals surface area (Å²) in [7, 11) is 0. The van der Waals surface area contributed by atoms with Crippen LogP contribution >= 0.6 is 0 Å². The van der Waals surface area contributed by atoms with Crippen molar-refractivity contribution < 1.29 is 4.79 Å². The molecule has 1 amide bonds. The molecule has 1 aliphatic heterocycles. The third-order valence-corrected chi connectivity index (χ3v) is 5.17. The van der Waals surface area contributed by atoms with E-state index in [4.69, 9.17) is 5.73 Å². The first-order valence-corrected chi connectivity index (χ1v) is 9.43. The van der Waals surface area contributed by atoms with Crippen molar-refractivity contribution in [3.8, 4) is 0 Å². The van der Waals surface area contributed by atoms with Gasteiger partial charge in [-0.15, -0.1) is 0 Å². The lowest BCUT2D eigenvalue weighted by molar-refractivity contribution is 0.0597. The van der Waals surface area contributed by atoms with Gasteiger partial charge in [0.2, 0.25) is 0 Å². The molecule has 4 rings (SSSR count). The lowest BCUT2D eigenvalue weighted by atomic mass is 9.96. The smallest absolute Gasteiger partial charge is 0.259 e. The van der Waals surface area contributed by atoms with Gasteiger partial charge in [-0.1, -0.05) is 60.7 Å². The van der Waals surface area contributed by atoms with Crippen molar-refractivity contribution in [1.82, 2.24) is 19.8 Å². The molecule has 1 fully saturated rings. The molecule has 2 N–H and O–H groups in total. The minimum Gasteiger partial charge on any atom is -0.383 e. The summed E-state index contributed by atoms with van der Waals surface area (Å²) in [6.07, 6.45) is 2.85. The predicted octanol–water partition coefficient (Wildman–Crippen LogP) is 2.61. The number of aromatic nitrogens is 2. The van der Waals surface area contributed by atoms with Gasteiger partial charge in [-0.3, -0.25) is 9.69 Å². The lowest BCUT2D eigenvalue weighted by Crippen LogP contribution is -2.50. The molecular weight excluding hydrogens is 350 g/mol. The minimum absolute atomic E-state index is 0.103. The molecule has 6 nitrogen and oxygen atoms in total. The van der Waals surface area contributed by atoms with E-state index in [2.05, 4.69) is 63.4 Å². The molecule has 0 saturated carbocycles. The van der Waals surface area contributed by atoms with Gasteiger partial charge in [-0.2, -0.15) is 0 Å². The Morgan fingerprint density at radius 3 is 2.00 bits per heavy atom. The van der Waals surface area contributed by atoms with Crippen LogP contribution in [-0.2, 0) is 0 Å². The number of rotatable bonds is 4. The number of nitrogen functional groups attached to an aromatic ring is 1. The molecule has 0 atom stereocenters. The highest BCUT2D eigenvalue weighted by Crippen LogP contribution is 2.29. The predicted molar refractivity (Wildman–Crippen MR) is 109 cm³/mol. The lowest BCUT2D eigenvalue weighted by Gasteiger charge is -2.39. The maximum atomic E-state index is 12.8. The van der Waals surface area contributed by atoms with E-state index >= 15 is 0 Å². The van der Waals surface area contributed by atoms with Crippen molar-refractivity contribution in [2.45, 2.75) is 6.04 Å². The van der Waals surface area contributed by atoms with Crippen LogP contribution in [0.4, 0.5) is 5.82 Å². The molecule has 2 aromatic carbocycles. The second kappa shape index (κ2) is 8.19. The van der Waals surface area contributed by atoms with Crippen molar-refractivity contribution in [3.63, 3.8) is 0 Å². The maximum Gasteiger partial charge on any atom is 0.259 e. The van der Waals surface area contributed by atoms with Crippen LogP contribution in [-0.4, -0.2) is 51.9 Å². The standard InChI is InChI=1S/C22H23N5O/c23-21-19(15-24-16-25-21)22(28)27-13-11-26(12-14-27)20(17-7-3-1-4-8-17)18-9-5-2-6-10-18/h1-10,15-16,20H,11-14H2,(H2,23,24,25). The van der Waals surface area contributed by atoms with Crippen molar-refractivity contribution >= 4 is 11.7 Å². The highest BCUT2D eigenvalue weighted by atomic mass is 16.2. The highest BCUT2D eigenvalue weighted by Gasteiger charge is 2.29. The Morgan fingerprint density at radius 1 is 0.893 bits per heavy atom. The van der Waals surface area contributed by atoms with E-state index in [1.165, 1.54) is 23.7 Å². The molecule has 0 unspecified atom stereocenters. The number of carbonyl (C=O) groups excluding carboxylic acids is 1. The molecule has 1 aromatic heterocycles. The fourth-order valence-corrected chi connectivity index (χ4v) is 3.74.